The normalized spacial score (nSPS) is 27.8. The summed E-state index contributed by atoms with van der Waals surface area (Å²) in [5, 5.41) is 15.1. The fourth-order valence-corrected chi connectivity index (χ4v) is 5.72. The molecule has 3 rings (SSSR count). The first-order chi connectivity index (χ1) is 11.6. The maximum absolute atomic E-state index is 12.4. The van der Waals surface area contributed by atoms with Crippen LogP contribution in [0.3, 0.4) is 0 Å². The fraction of sp³-hybridized carbons (Fsp3) is 0.389. The zero-order chi connectivity index (χ0) is 17.1. The summed E-state index contributed by atoms with van der Waals surface area (Å²) in [5.74, 6) is -0.0443. The van der Waals surface area contributed by atoms with Crippen molar-refractivity contribution in [3.63, 3.8) is 0 Å². The second-order valence-electron chi connectivity index (χ2n) is 6.16. The summed E-state index contributed by atoms with van der Waals surface area (Å²) >= 11 is 3.12. The Balaban J connectivity index is 1.72. The standard InChI is InChI=1S/C18H22N2O2S2/c1-11-14(10-12-6-3-2-4-7-12)24-18(15(11)16(19)21)20-17(22)13-8-5-9-23-13/h2-9,11,14-16,18,21H,10,19H2,1H3,(H,20,22). The number of hydrogen-bond donors (Lipinski definition) is 3. The molecule has 0 aliphatic carbocycles. The Morgan fingerprint density at radius 2 is 2.04 bits per heavy atom. The topological polar surface area (TPSA) is 75.4 Å². The lowest BCUT2D eigenvalue weighted by Crippen LogP contribution is -2.45. The first kappa shape index (κ1) is 17.5. The highest BCUT2D eigenvalue weighted by Crippen LogP contribution is 2.44. The Labute approximate surface area is 150 Å². The third-order valence-corrected chi connectivity index (χ3v) is 7.10. The Kier molecular flexibility index (Phi) is 5.61. The Morgan fingerprint density at radius 1 is 1.29 bits per heavy atom. The van der Waals surface area contributed by atoms with Crippen LogP contribution >= 0.6 is 23.1 Å². The molecule has 1 aliphatic rings. The van der Waals surface area contributed by atoms with E-state index in [1.165, 1.54) is 16.9 Å². The molecular weight excluding hydrogens is 340 g/mol. The molecule has 0 bridgehead atoms. The SMILES string of the molecule is CC1C(Cc2ccccc2)SC(NC(=O)c2cccs2)C1C(N)O. The minimum atomic E-state index is -0.943. The molecule has 1 fully saturated rings. The minimum absolute atomic E-state index is 0.0966. The molecule has 0 spiro atoms. The van der Waals surface area contributed by atoms with Gasteiger partial charge in [0.15, 0.2) is 0 Å². The minimum Gasteiger partial charge on any atom is -0.378 e. The largest absolute Gasteiger partial charge is 0.378 e. The highest BCUT2D eigenvalue weighted by molar-refractivity contribution is 8.00. The van der Waals surface area contributed by atoms with Crippen LogP contribution in [0.15, 0.2) is 47.8 Å². The van der Waals surface area contributed by atoms with Crippen LogP contribution in [0.25, 0.3) is 0 Å². The van der Waals surface area contributed by atoms with Crippen molar-refractivity contribution < 1.29 is 9.90 Å². The van der Waals surface area contributed by atoms with Crippen LogP contribution in [0, 0.1) is 11.8 Å². The third-order valence-electron chi connectivity index (χ3n) is 4.56. The summed E-state index contributed by atoms with van der Waals surface area (Å²) in [6.45, 7) is 2.11. The molecule has 5 unspecified atom stereocenters. The number of carbonyl (C=O) groups is 1. The molecule has 1 aromatic carbocycles. The molecule has 1 aromatic heterocycles. The molecule has 5 atom stereocenters. The average molecular weight is 363 g/mol. The van der Waals surface area contributed by atoms with Gasteiger partial charge in [0.1, 0.15) is 6.23 Å². The summed E-state index contributed by atoms with van der Waals surface area (Å²) in [4.78, 5) is 13.0. The van der Waals surface area contributed by atoms with Crippen molar-refractivity contribution in [1.82, 2.24) is 5.32 Å². The van der Waals surface area contributed by atoms with Crippen LogP contribution in [0.4, 0.5) is 0 Å². The van der Waals surface area contributed by atoms with Gasteiger partial charge in [0.2, 0.25) is 0 Å². The molecular formula is C18H22N2O2S2. The predicted molar refractivity (Wildman–Crippen MR) is 99.9 cm³/mol. The Morgan fingerprint density at radius 3 is 2.67 bits per heavy atom. The van der Waals surface area contributed by atoms with Gasteiger partial charge in [0.05, 0.1) is 10.3 Å². The van der Waals surface area contributed by atoms with Gasteiger partial charge in [-0.25, -0.2) is 0 Å². The fourth-order valence-electron chi connectivity index (χ4n) is 3.24. The van der Waals surface area contributed by atoms with E-state index >= 15 is 0 Å². The van der Waals surface area contributed by atoms with Gasteiger partial charge in [0.25, 0.3) is 5.91 Å². The van der Waals surface area contributed by atoms with Gasteiger partial charge in [0, 0.05) is 11.2 Å². The molecule has 4 N–H and O–H groups in total. The number of aliphatic hydroxyl groups excluding tert-OH is 1. The van der Waals surface area contributed by atoms with Crippen molar-refractivity contribution in [2.45, 2.75) is 30.2 Å². The van der Waals surface area contributed by atoms with Crippen LogP contribution in [0.5, 0.6) is 0 Å². The monoisotopic (exact) mass is 362 g/mol. The van der Waals surface area contributed by atoms with E-state index < -0.39 is 6.23 Å². The van der Waals surface area contributed by atoms with Crippen molar-refractivity contribution in [3.05, 3.63) is 58.3 Å². The number of carbonyl (C=O) groups excluding carboxylic acids is 1. The molecule has 1 aliphatic heterocycles. The van der Waals surface area contributed by atoms with E-state index in [0.29, 0.717) is 10.1 Å². The molecule has 2 aromatic rings. The van der Waals surface area contributed by atoms with Crippen LogP contribution in [-0.2, 0) is 6.42 Å². The quantitative estimate of drug-likeness (QED) is 0.715. The number of thioether (sulfide) groups is 1. The highest BCUT2D eigenvalue weighted by atomic mass is 32.2. The van der Waals surface area contributed by atoms with Gasteiger partial charge < -0.3 is 16.2 Å². The molecule has 0 saturated carbocycles. The van der Waals surface area contributed by atoms with Crippen molar-refractivity contribution >= 4 is 29.0 Å². The summed E-state index contributed by atoms with van der Waals surface area (Å²) in [5.41, 5.74) is 7.08. The zero-order valence-corrected chi connectivity index (χ0v) is 15.1. The molecule has 4 nitrogen and oxygen atoms in total. The van der Waals surface area contributed by atoms with Gasteiger partial charge >= 0.3 is 0 Å². The van der Waals surface area contributed by atoms with E-state index in [-0.39, 0.29) is 23.1 Å². The van der Waals surface area contributed by atoms with Crippen molar-refractivity contribution in [2.24, 2.45) is 17.6 Å². The second kappa shape index (κ2) is 7.70. The summed E-state index contributed by atoms with van der Waals surface area (Å²) in [6, 6.07) is 14.0. The van der Waals surface area contributed by atoms with Crippen molar-refractivity contribution in [2.75, 3.05) is 0 Å². The number of amides is 1. The van der Waals surface area contributed by atoms with Gasteiger partial charge in [-0.15, -0.1) is 23.1 Å². The lowest BCUT2D eigenvalue weighted by molar-refractivity contribution is 0.0744. The number of rotatable bonds is 5. The third kappa shape index (κ3) is 3.83. The molecule has 24 heavy (non-hydrogen) atoms. The molecule has 6 heteroatoms. The van der Waals surface area contributed by atoms with E-state index in [1.54, 1.807) is 17.8 Å². The van der Waals surface area contributed by atoms with Gasteiger partial charge in [-0.3, -0.25) is 4.79 Å². The summed E-state index contributed by atoms with van der Waals surface area (Å²) in [7, 11) is 0. The maximum Gasteiger partial charge on any atom is 0.262 e. The summed E-state index contributed by atoms with van der Waals surface area (Å²) in [6.07, 6.45) is -0.0386. The number of thiophene rings is 1. The zero-order valence-electron chi connectivity index (χ0n) is 13.5. The van der Waals surface area contributed by atoms with Gasteiger partial charge in [-0.2, -0.15) is 0 Å². The highest BCUT2D eigenvalue weighted by Gasteiger charge is 2.44. The summed E-state index contributed by atoms with van der Waals surface area (Å²) < 4.78 is 0. The Bertz CT molecular complexity index is 661. The second-order valence-corrected chi connectivity index (χ2v) is 8.50. The predicted octanol–water partition coefficient (Wildman–Crippen LogP) is 2.69. The van der Waals surface area contributed by atoms with E-state index in [4.69, 9.17) is 5.73 Å². The average Bonchev–Trinajstić information content (AvgIpc) is 3.18. The number of nitrogens with two attached hydrogens (primary N) is 1. The first-order valence-electron chi connectivity index (χ1n) is 8.03. The van der Waals surface area contributed by atoms with E-state index in [9.17, 15) is 9.90 Å². The molecule has 1 saturated heterocycles. The van der Waals surface area contributed by atoms with E-state index in [2.05, 4.69) is 24.4 Å². The van der Waals surface area contributed by atoms with E-state index in [0.717, 1.165) is 6.42 Å². The first-order valence-corrected chi connectivity index (χ1v) is 9.86. The number of aliphatic hydroxyl groups is 1. The van der Waals surface area contributed by atoms with Gasteiger partial charge in [-0.05, 0) is 29.3 Å². The van der Waals surface area contributed by atoms with Gasteiger partial charge in [-0.1, -0.05) is 43.3 Å². The van der Waals surface area contributed by atoms with Crippen LogP contribution in [0.1, 0.15) is 22.2 Å². The van der Waals surface area contributed by atoms with E-state index in [1.807, 2.05) is 29.6 Å². The molecule has 0 radical (unpaired) electrons. The lowest BCUT2D eigenvalue weighted by atomic mass is 9.87. The Hall–Kier alpha value is -1.34. The molecule has 1 amide bonds. The number of hydrogen-bond acceptors (Lipinski definition) is 5. The molecule has 2 heterocycles. The van der Waals surface area contributed by atoms with Crippen LogP contribution in [-0.4, -0.2) is 27.9 Å². The lowest BCUT2D eigenvalue weighted by Gasteiger charge is -2.25. The number of nitrogens with one attached hydrogen (secondary N) is 1. The number of benzene rings is 1. The maximum atomic E-state index is 12.4. The molecule has 128 valence electrons. The van der Waals surface area contributed by atoms with Crippen LogP contribution in [0.2, 0.25) is 0 Å². The van der Waals surface area contributed by atoms with Crippen LogP contribution < -0.4 is 11.1 Å². The smallest absolute Gasteiger partial charge is 0.262 e. The van der Waals surface area contributed by atoms with Crippen molar-refractivity contribution in [1.29, 1.82) is 0 Å². The van der Waals surface area contributed by atoms with Crippen molar-refractivity contribution in [3.8, 4) is 0 Å².